The van der Waals surface area contributed by atoms with Crippen molar-refractivity contribution in [2.75, 3.05) is 5.32 Å². The number of rotatable bonds is 3. The summed E-state index contributed by atoms with van der Waals surface area (Å²) in [6, 6.07) is 7.47. The second kappa shape index (κ2) is 5.60. The molecule has 0 aliphatic rings. The van der Waals surface area contributed by atoms with Crippen molar-refractivity contribution >= 4 is 23.3 Å². The Hall–Kier alpha value is -1.94. The van der Waals surface area contributed by atoms with E-state index in [0.29, 0.717) is 16.5 Å². The van der Waals surface area contributed by atoms with Crippen molar-refractivity contribution in [3.63, 3.8) is 0 Å². The van der Waals surface area contributed by atoms with Gasteiger partial charge in [-0.25, -0.2) is 9.97 Å². The summed E-state index contributed by atoms with van der Waals surface area (Å²) in [6.45, 7) is 2.01. The number of nitrogens with zero attached hydrogens (tertiary/aromatic N) is 2. The van der Waals surface area contributed by atoms with E-state index in [2.05, 4.69) is 15.3 Å². The number of carbonyl (C=O) groups is 1. The smallest absolute Gasteiger partial charge is 0.257 e. The van der Waals surface area contributed by atoms with Gasteiger partial charge in [0.15, 0.2) is 5.82 Å². The largest absolute Gasteiger partial charge is 0.305 e. The zero-order valence-corrected chi connectivity index (χ0v) is 10.6. The lowest BCUT2D eigenvalue weighted by atomic mass is 10.0. The molecule has 1 aromatic heterocycles. The maximum absolute atomic E-state index is 12.1. The van der Waals surface area contributed by atoms with Crippen molar-refractivity contribution in [2.24, 2.45) is 0 Å². The molecule has 2 rings (SSSR count). The Bertz CT molecular complexity index is 554. The highest BCUT2D eigenvalue weighted by Gasteiger charge is 2.10. The van der Waals surface area contributed by atoms with Crippen LogP contribution in [0.25, 0.3) is 0 Å². The van der Waals surface area contributed by atoms with Crippen molar-refractivity contribution in [3.8, 4) is 0 Å². The quantitative estimate of drug-likeness (QED) is 0.924. The summed E-state index contributed by atoms with van der Waals surface area (Å²) in [6.07, 6.45) is 3.62. The average molecular weight is 262 g/mol. The normalized spacial score (nSPS) is 10.1. The Labute approximate surface area is 110 Å². The molecule has 0 bridgehead atoms. The molecule has 1 aromatic carbocycles. The number of hydrogen-bond acceptors (Lipinski definition) is 3. The van der Waals surface area contributed by atoms with E-state index in [4.69, 9.17) is 11.6 Å². The van der Waals surface area contributed by atoms with E-state index >= 15 is 0 Å². The summed E-state index contributed by atoms with van der Waals surface area (Å²) < 4.78 is 0. The molecule has 1 amide bonds. The zero-order chi connectivity index (χ0) is 13.0. The molecule has 0 saturated heterocycles. The van der Waals surface area contributed by atoms with Crippen LogP contribution in [0, 0.1) is 0 Å². The van der Waals surface area contributed by atoms with Crippen LogP contribution in [-0.4, -0.2) is 15.9 Å². The number of amides is 1. The van der Waals surface area contributed by atoms with Crippen molar-refractivity contribution in [2.45, 2.75) is 13.3 Å². The first-order valence-corrected chi connectivity index (χ1v) is 5.95. The lowest BCUT2D eigenvalue weighted by Gasteiger charge is -2.07. The summed E-state index contributed by atoms with van der Waals surface area (Å²) in [5, 5.41) is 2.98. The molecule has 5 heteroatoms. The van der Waals surface area contributed by atoms with Crippen molar-refractivity contribution in [1.82, 2.24) is 9.97 Å². The van der Waals surface area contributed by atoms with Gasteiger partial charge < -0.3 is 5.32 Å². The zero-order valence-electron chi connectivity index (χ0n) is 9.85. The first kappa shape index (κ1) is 12.5. The van der Waals surface area contributed by atoms with Crippen LogP contribution in [0.1, 0.15) is 22.8 Å². The fourth-order valence-electron chi connectivity index (χ4n) is 1.61. The fourth-order valence-corrected chi connectivity index (χ4v) is 1.71. The van der Waals surface area contributed by atoms with Gasteiger partial charge >= 0.3 is 0 Å². The SMILES string of the molecule is CCc1ccccc1C(=O)Nc1cnc(Cl)cn1. The third-order valence-corrected chi connectivity index (χ3v) is 2.70. The highest BCUT2D eigenvalue weighted by molar-refractivity contribution is 6.29. The minimum Gasteiger partial charge on any atom is -0.305 e. The molecule has 0 aliphatic heterocycles. The second-order valence-electron chi connectivity index (χ2n) is 3.69. The molecule has 0 atom stereocenters. The summed E-state index contributed by atoms with van der Waals surface area (Å²) >= 11 is 5.63. The van der Waals surface area contributed by atoms with Gasteiger partial charge in [0.2, 0.25) is 0 Å². The molecule has 1 heterocycles. The molecule has 0 fully saturated rings. The average Bonchev–Trinajstić information content (AvgIpc) is 2.41. The van der Waals surface area contributed by atoms with Gasteiger partial charge in [-0.1, -0.05) is 36.7 Å². The van der Waals surface area contributed by atoms with Gasteiger partial charge in [0, 0.05) is 5.56 Å². The summed E-state index contributed by atoms with van der Waals surface area (Å²) in [5.74, 6) is 0.194. The Kier molecular flexibility index (Phi) is 3.89. The van der Waals surface area contributed by atoms with Crippen LogP contribution >= 0.6 is 11.6 Å². The van der Waals surface area contributed by atoms with Gasteiger partial charge in [0.1, 0.15) is 5.15 Å². The number of halogens is 1. The van der Waals surface area contributed by atoms with E-state index in [1.54, 1.807) is 6.07 Å². The monoisotopic (exact) mass is 261 g/mol. The minimum absolute atomic E-state index is 0.191. The molecular weight excluding hydrogens is 250 g/mol. The highest BCUT2D eigenvalue weighted by atomic mass is 35.5. The van der Waals surface area contributed by atoms with Crippen LogP contribution in [0.3, 0.4) is 0 Å². The molecular formula is C13H12ClN3O. The van der Waals surface area contributed by atoms with Crippen molar-refractivity contribution in [3.05, 3.63) is 52.9 Å². The summed E-state index contributed by atoms with van der Waals surface area (Å²) in [4.78, 5) is 19.9. The molecule has 18 heavy (non-hydrogen) atoms. The van der Waals surface area contributed by atoms with Crippen LogP contribution in [0.4, 0.5) is 5.82 Å². The number of benzene rings is 1. The topological polar surface area (TPSA) is 54.9 Å². The predicted molar refractivity (Wildman–Crippen MR) is 70.8 cm³/mol. The summed E-state index contributed by atoms with van der Waals surface area (Å²) in [5.41, 5.74) is 1.65. The number of hydrogen-bond donors (Lipinski definition) is 1. The maximum Gasteiger partial charge on any atom is 0.257 e. The van der Waals surface area contributed by atoms with Crippen molar-refractivity contribution < 1.29 is 4.79 Å². The van der Waals surface area contributed by atoms with E-state index in [1.165, 1.54) is 12.4 Å². The van der Waals surface area contributed by atoms with E-state index in [0.717, 1.165) is 12.0 Å². The second-order valence-corrected chi connectivity index (χ2v) is 4.08. The first-order valence-electron chi connectivity index (χ1n) is 5.57. The van der Waals surface area contributed by atoms with Gasteiger partial charge in [-0.3, -0.25) is 4.79 Å². The molecule has 92 valence electrons. The molecule has 0 radical (unpaired) electrons. The van der Waals surface area contributed by atoms with E-state index in [1.807, 2.05) is 25.1 Å². The standard InChI is InChI=1S/C13H12ClN3O/c1-2-9-5-3-4-6-10(9)13(18)17-12-8-15-11(14)7-16-12/h3-8H,2H2,1H3,(H,16,17,18). The fraction of sp³-hybridized carbons (Fsp3) is 0.154. The van der Waals surface area contributed by atoms with E-state index in [-0.39, 0.29) is 5.91 Å². The van der Waals surface area contributed by atoms with Gasteiger partial charge in [0.25, 0.3) is 5.91 Å². The molecule has 4 nitrogen and oxygen atoms in total. The first-order chi connectivity index (χ1) is 8.70. The molecule has 0 unspecified atom stereocenters. The number of anilines is 1. The molecule has 0 spiro atoms. The minimum atomic E-state index is -0.191. The van der Waals surface area contributed by atoms with Crippen LogP contribution < -0.4 is 5.32 Å². The molecule has 1 N–H and O–H groups in total. The van der Waals surface area contributed by atoms with Crippen LogP contribution in [-0.2, 0) is 6.42 Å². The van der Waals surface area contributed by atoms with Crippen LogP contribution in [0.2, 0.25) is 5.15 Å². The van der Waals surface area contributed by atoms with Gasteiger partial charge in [0.05, 0.1) is 12.4 Å². The maximum atomic E-state index is 12.1. The highest BCUT2D eigenvalue weighted by Crippen LogP contribution is 2.12. The Morgan fingerprint density at radius 2 is 2.06 bits per heavy atom. The number of carbonyl (C=O) groups excluding carboxylic acids is 1. The molecule has 0 aliphatic carbocycles. The Balaban J connectivity index is 2.19. The third-order valence-electron chi connectivity index (χ3n) is 2.50. The van der Waals surface area contributed by atoms with Crippen LogP contribution in [0.5, 0.6) is 0 Å². The van der Waals surface area contributed by atoms with Gasteiger partial charge in [-0.15, -0.1) is 0 Å². The van der Waals surface area contributed by atoms with E-state index in [9.17, 15) is 4.79 Å². The van der Waals surface area contributed by atoms with E-state index < -0.39 is 0 Å². The van der Waals surface area contributed by atoms with Crippen molar-refractivity contribution in [1.29, 1.82) is 0 Å². The summed E-state index contributed by atoms with van der Waals surface area (Å²) in [7, 11) is 0. The Morgan fingerprint density at radius 3 is 2.72 bits per heavy atom. The number of aromatic nitrogens is 2. The molecule has 2 aromatic rings. The third kappa shape index (κ3) is 2.84. The Morgan fingerprint density at radius 1 is 1.28 bits per heavy atom. The predicted octanol–water partition coefficient (Wildman–Crippen LogP) is 2.94. The number of aryl methyl sites for hydroxylation is 1. The number of nitrogens with one attached hydrogen (secondary N) is 1. The van der Waals surface area contributed by atoms with Crippen LogP contribution in [0.15, 0.2) is 36.7 Å². The molecule has 0 saturated carbocycles. The lowest BCUT2D eigenvalue weighted by molar-refractivity contribution is 0.102. The van der Waals surface area contributed by atoms with Gasteiger partial charge in [-0.2, -0.15) is 0 Å². The lowest BCUT2D eigenvalue weighted by Crippen LogP contribution is -2.15. The van der Waals surface area contributed by atoms with Gasteiger partial charge in [-0.05, 0) is 18.1 Å².